The molecule has 0 aliphatic heterocycles. The van der Waals surface area contributed by atoms with Gasteiger partial charge in [0.1, 0.15) is 0 Å². The average Bonchev–Trinajstić information content (AvgIpc) is 2.29. The van der Waals surface area contributed by atoms with Crippen LogP contribution in [0.15, 0.2) is 12.1 Å². The van der Waals surface area contributed by atoms with Crippen LogP contribution in [0.3, 0.4) is 0 Å². The Morgan fingerprint density at radius 3 is 2.65 bits per heavy atom. The molecule has 0 saturated heterocycles. The highest BCUT2D eigenvalue weighted by Crippen LogP contribution is 2.31. The molecule has 0 amide bonds. The molecule has 5 nitrogen and oxygen atoms in total. The fourth-order valence-electron chi connectivity index (χ4n) is 1.10. The molecule has 0 aliphatic rings. The third kappa shape index (κ3) is 3.31. The second-order valence-electron chi connectivity index (χ2n) is 3.18. The minimum absolute atomic E-state index is 0.0432. The Morgan fingerprint density at radius 2 is 2.12 bits per heavy atom. The van der Waals surface area contributed by atoms with Crippen molar-refractivity contribution in [2.24, 2.45) is 0 Å². The van der Waals surface area contributed by atoms with Gasteiger partial charge in [0.15, 0.2) is 0 Å². The Labute approximate surface area is 107 Å². The number of nitrogens with zero attached hydrogens (tertiary/aromatic N) is 1. The number of rotatable bonds is 4. The molecule has 0 unspecified atom stereocenters. The topological polar surface area (TPSA) is 69.4 Å². The lowest BCUT2D eigenvalue weighted by molar-refractivity contribution is -0.384. The van der Waals surface area contributed by atoms with Gasteiger partial charge < -0.3 is 4.74 Å². The van der Waals surface area contributed by atoms with Crippen LogP contribution in [-0.4, -0.2) is 17.5 Å². The molecule has 0 aromatic heterocycles. The van der Waals surface area contributed by atoms with E-state index in [9.17, 15) is 14.9 Å². The zero-order valence-corrected chi connectivity index (χ0v) is 10.4. The summed E-state index contributed by atoms with van der Waals surface area (Å²) in [6.45, 7) is 2.05. The lowest BCUT2D eigenvalue weighted by atomic mass is 10.2. The minimum atomic E-state index is -0.720. The molecule has 0 fully saturated rings. The number of carbonyl (C=O) groups excluding carboxylic acids is 1. The number of halogens is 2. The molecular formula is C10H9Cl2NO4. The van der Waals surface area contributed by atoms with Crippen LogP contribution in [-0.2, 0) is 4.74 Å². The summed E-state index contributed by atoms with van der Waals surface area (Å²) in [5, 5.41) is 10.5. The summed E-state index contributed by atoms with van der Waals surface area (Å²) in [7, 11) is 0. The van der Waals surface area contributed by atoms with E-state index < -0.39 is 10.9 Å². The molecule has 7 heteroatoms. The van der Waals surface area contributed by atoms with Gasteiger partial charge >= 0.3 is 5.97 Å². The standard InChI is InChI=1S/C10H9Cl2NO4/c1-2-3-17-10(14)7-4-6(13(15)16)5-8(11)9(7)12/h4-5H,2-3H2,1H3. The molecule has 0 spiro atoms. The van der Waals surface area contributed by atoms with Gasteiger partial charge in [0.25, 0.3) is 5.69 Å². The highest BCUT2D eigenvalue weighted by Gasteiger charge is 2.20. The smallest absolute Gasteiger partial charge is 0.339 e. The summed E-state index contributed by atoms with van der Waals surface area (Å²) >= 11 is 11.5. The maximum atomic E-state index is 11.6. The van der Waals surface area contributed by atoms with E-state index in [-0.39, 0.29) is 27.9 Å². The van der Waals surface area contributed by atoms with Gasteiger partial charge in [-0.2, -0.15) is 0 Å². The molecule has 0 heterocycles. The maximum absolute atomic E-state index is 11.6. The van der Waals surface area contributed by atoms with Gasteiger partial charge in [0.05, 0.1) is 27.1 Å². The van der Waals surface area contributed by atoms with Crippen molar-refractivity contribution in [3.63, 3.8) is 0 Å². The highest BCUT2D eigenvalue weighted by molar-refractivity contribution is 6.43. The Kier molecular flexibility index (Phi) is 4.72. The summed E-state index contributed by atoms with van der Waals surface area (Å²) in [4.78, 5) is 21.5. The lowest BCUT2D eigenvalue weighted by Gasteiger charge is -2.06. The van der Waals surface area contributed by atoms with Crippen LogP contribution >= 0.6 is 23.2 Å². The SMILES string of the molecule is CCCOC(=O)c1cc([N+](=O)[O-])cc(Cl)c1Cl. The van der Waals surface area contributed by atoms with E-state index in [4.69, 9.17) is 27.9 Å². The Morgan fingerprint density at radius 1 is 1.47 bits per heavy atom. The number of hydrogen-bond donors (Lipinski definition) is 0. The predicted octanol–water partition coefficient (Wildman–Crippen LogP) is 3.47. The van der Waals surface area contributed by atoms with Gasteiger partial charge in [-0.15, -0.1) is 0 Å². The Hall–Kier alpha value is -1.33. The molecule has 1 aromatic rings. The fourth-order valence-corrected chi connectivity index (χ4v) is 1.50. The number of esters is 1. The molecule has 0 atom stereocenters. The van der Waals surface area contributed by atoms with Gasteiger partial charge in [-0.05, 0) is 6.42 Å². The van der Waals surface area contributed by atoms with E-state index in [2.05, 4.69) is 0 Å². The van der Waals surface area contributed by atoms with Crippen LogP contribution in [0.5, 0.6) is 0 Å². The van der Waals surface area contributed by atoms with E-state index in [0.29, 0.717) is 6.42 Å². The van der Waals surface area contributed by atoms with Crippen molar-refractivity contribution in [2.75, 3.05) is 6.61 Å². The molecule has 0 bridgehead atoms. The predicted molar refractivity (Wildman–Crippen MR) is 63.7 cm³/mol. The second kappa shape index (κ2) is 5.84. The highest BCUT2D eigenvalue weighted by atomic mass is 35.5. The van der Waals surface area contributed by atoms with Crippen LogP contribution in [0, 0.1) is 10.1 Å². The number of nitro groups is 1. The van der Waals surface area contributed by atoms with Crippen LogP contribution in [0.25, 0.3) is 0 Å². The number of nitro benzene ring substituents is 1. The van der Waals surface area contributed by atoms with E-state index in [0.717, 1.165) is 12.1 Å². The molecule has 17 heavy (non-hydrogen) atoms. The first-order chi connectivity index (χ1) is 7.97. The lowest BCUT2D eigenvalue weighted by Crippen LogP contribution is -2.07. The monoisotopic (exact) mass is 277 g/mol. The van der Waals surface area contributed by atoms with E-state index in [1.54, 1.807) is 0 Å². The summed E-state index contributed by atoms with van der Waals surface area (Å²) in [5.41, 5.74) is -0.401. The Balaban J connectivity index is 3.13. The van der Waals surface area contributed by atoms with Gasteiger partial charge in [-0.25, -0.2) is 4.79 Å². The second-order valence-corrected chi connectivity index (χ2v) is 3.97. The van der Waals surface area contributed by atoms with Gasteiger partial charge in [0, 0.05) is 12.1 Å². The van der Waals surface area contributed by atoms with Crippen molar-refractivity contribution in [3.8, 4) is 0 Å². The molecule has 92 valence electrons. The van der Waals surface area contributed by atoms with E-state index in [1.807, 2.05) is 6.92 Å². The third-order valence-corrected chi connectivity index (χ3v) is 2.68. The first-order valence-corrected chi connectivity index (χ1v) is 5.53. The third-order valence-electron chi connectivity index (χ3n) is 1.88. The maximum Gasteiger partial charge on any atom is 0.339 e. The fraction of sp³-hybridized carbons (Fsp3) is 0.300. The van der Waals surface area contributed by atoms with Crippen LogP contribution in [0.4, 0.5) is 5.69 Å². The quantitative estimate of drug-likeness (QED) is 0.480. The van der Waals surface area contributed by atoms with Crippen molar-refractivity contribution >= 4 is 34.9 Å². The Bertz CT molecular complexity index is 462. The van der Waals surface area contributed by atoms with Gasteiger partial charge in [-0.3, -0.25) is 10.1 Å². The summed E-state index contributed by atoms with van der Waals surface area (Å²) < 4.78 is 4.84. The van der Waals surface area contributed by atoms with Crippen molar-refractivity contribution < 1.29 is 14.5 Å². The van der Waals surface area contributed by atoms with Crippen molar-refractivity contribution in [2.45, 2.75) is 13.3 Å². The minimum Gasteiger partial charge on any atom is -0.462 e. The van der Waals surface area contributed by atoms with Gasteiger partial charge in [0.2, 0.25) is 0 Å². The molecule has 0 N–H and O–H groups in total. The van der Waals surface area contributed by atoms with E-state index >= 15 is 0 Å². The molecule has 1 rings (SSSR count). The molecule has 0 aliphatic carbocycles. The van der Waals surface area contributed by atoms with Crippen molar-refractivity contribution in [1.29, 1.82) is 0 Å². The first kappa shape index (κ1) is 13.7. The molecule has 1 aromatic carbocycles. The van der Waals surface area contributed by atoms with Crippen LogP contribution < -0.4 is 0 Å². The van der Waals surface area contributed by atoms with Crippen molar-refractivity contribution in [3.05, 3.63) is 37.9 Å². The molecular weight excluding hydrogens is 269 g/mol. The number of carbonyl (C=O) groups is 1. The number of benzene rings is 1. The molecule has 0 radical (unpaired) electrons. The number of ether oxygens (including phenoxy) is 1. The summed E-state index contributed by atoms with van der Waals surface area (Å²) in [6.07, 6.45) is 0.645. The first-order valence-electron chi connectivity index (χ1n) is 4.78. The normalized spacial score (nSPS) is 10.1. The summed E-state index contributed by atoms with van der Waals surface area (Å²) in [5.74, 6) is -0.720. The average molecular weight is 278 g/mol. The number of hydrogen-bond acceptors (Lipinski definition) is 4. The van der Waals surface area contributed by atoms with Gasteiger partial charge in [-0.1, -0.05) is 30.1 Å². The van der Waals surface area contributed by atoms with E-state index in [1.165, 1.54) is 0 Å². The van der Waals surface area contributed by atoms with Crippen LogP contribution in [0.2, 0.25) is 10.0 Å². The van der Waals surface area contributed by atoms with Crippen molar-refractivity contribution in [1.82, 2.24) is 0 Å². The zero-order chi connectivity index (χ0) is 13.0. The molecule has 0 saturated carbocycles. The summed E-state index contributed by atoms with van der Waals surface area (Å²) in [6, 6.07) is 2.13. The largest absolute Gasteiger partial charge is 0.462 e. The van der Waals surface area contributed by atoms with Crippen LogP contribution in [0.1, 0.15) is 23.7 Å². The zero-order valence-electron chi connectivity index (χ0n) is 8.91. The number of non-ortho nitro benzene ring substituents is 1.